The highest BCUT2D eigenvalue weighted by molar-refractivity contribution is 6.34. The molecule has 5 nitrogen and oxygen atoms in total. The van der Waals surface area contributed by atoms with Gasteiger partial charge in [0.25, 0.3) is 0 Å². The molecule has 0 radical (unpaired) electrons. The number of guanidine groups is 1. The second-order valence-corrected chi connectivity index (χ2v) is 7.46. The van der Waals surface area contributed by atoms with Crippen LogP contribution in [0.3, 0.4) is 0 Å². The Balaban J connectivity index is 1.91. The second-order valence-electron chi connectivity index (χ2n) is 6.59. The van der Waals surface area contributed by atoms with Crippen LogP contribution in [0.15, 0.2) is 23.2 Å². The number of hydrogen-bond acceptors (Lipinski definition) is 3. The molecule has 2 unspecified atom stereocenters. The molecule has 1 aliphatic heterocycles. The maximum Gasteiger partial charge on any atom is 0.191 e. The molecule has 0 saturated carbocycles. The zero-order valence-corrected chi connectivity index (χ0v) is 16.4. The smallest absolute Gasteiger partial charge is 0.191 e. The molecule has 1 aromatic carbocycles. The van der Waals surface area contributed by atoms with Crippen LogP contribution in [-0.4, -0.2) is 55.7 Å². The molecule has 1 aliphatic rings. The number of aliphatic imine (C=N–C) groups is 1. The first-order valence-electron chi connectivity index (χ1n) is 8.82. The minimum Gasteiger partial charge on any atom is -0.386 e. The van der Waals surface area contributed by atoms with Crippen molar-refractivity contribution in [2.24, 2.45) is 10.9 Å². The number of halogens is 2. The molecule has 2 rings (SSSR count). The van der Waals surface area contributed by atoms with E-state index >= 15 is 0 Å². The van der Waals surface area contributed by atoms with E-state index in [2.05, 4.69) is 27.6 Å². The zero-order valence-electron chi connectivity index (χ0n) is 14.9. The van der Waals surface area contributed by atoms with Crippen molar-refractivity contribution in [3.8, 4) is 0 Å². The van der Waals surface area contributed by atoms with E-state index in [1.807, 2.05) is 6.92 Å². The quantitative estimate of drug-likeness (QED) is 0.519. The van der Waals surface area contributed by atoms with Gasteiger partial charge in [0.2, 0.25) is 0 Å². The van der Waals surface area contributed by atoms with Gasteiger partial charge in [0.15, 0.2) is 5.96 Å². The first kappa shape index (κ1) is 20.3. The van der Waals surface area contributed by atoms with Gasteiger partial charge < -0.3 is 20.6 Å². The Bertz CT molecular complexity index is 562. The molecule has 0 aliphatic carbocycles. The summed E-state index contributed by atoms with van der Waals surface area (Å²) in [6.45, 7) is 6.22. The zero-order chi connectivity index (χ0) is 18.2. The third kappa shape index (κ3) is 7.02. The number of likely N-dealkylation sites (tertiary alicyclic amines) is 1. The number of aliphatic hydroxyl groups is 1. The van der Waals surface area contributed by atoms with Crippen molar-refractivity contribution < 1.29 is 5.11 Å². The number of benzene rings is 1. The average Bonchev–Trinajstić information content (AvgIpc) is 2.56. The minimum atomic E-state index is -0.743. The lowest BCUT2D eigenvalue weighted by molar-refractivity contribution is 0.187. The van der Waals surface area contributed by atoms with Gasteiger partial charge in [-0.25, -0.2) is 0 Å². The third-order valence-electron chi connectivity index (χ3n) is 4.32. The fourth-order valence-corrected chi connectivity index (χ4v) is 3.62. The Morgan fingerprint density at radius 1 is 1.32 bits per heavy atom. The van der Waals surface area contributed by atoms with E-state index in [-0.39, 0.29) is 6.54 Å². The van der Waals surface area contributed by atoms with Crippen LogP contribution < -0.4 is 10.6 Å². The minimum absolute atomic E-state index is 0.247. The van der Waals surface area contributed by atoms with Gasteiger partial charge in [0.05, 0.1) is 12.6 Å². The predicted molar refractivity (Wildman–Crippen MR) is 106 cm³/mol. The molecule has 1 heterocycles. The number of nitrogens with one attached hydrogen (secondary N) is 2. The Hall–Kier alpha value is -1.01. The SMILES string of the molecule is CCNC(=NCC(O)c1cc(Cl)cc(Cl)c1)NCC1CCCN(C)C1. The molecule has 1 saturated heterocycles. The summed E-state index contributed by atoms with van der Waals surface area (Å²) in [7, 11) is 2.16. The summed E-state index contributed by atoms with van der Waals surface area (Å²) in [6.07, 6.45) is 1.73. The summed E-state index contributed by atoms with van der Waals surface area (Å²) in [4.78, 5) is 6.86. The fraction of sp³-hybridized carbons (Fsp3) is 0.611. The van der Waals surface area contributed by atoms with Crippen LogP contribution in [0, 0.1) is 5.92 Å². The van der Waals surface area contributed by atoms with Gasteiger partial charge in [-0.15, -0.1) is 0 Å². The first-order valence-corrected chi connectivity index (χ1v) is 9.58. The molecule has 0 amide bonds. The van der Waals surface area contributed by atoms with Crippen molar-refractivity contribution >= 4 is 29.2 Å². The lowest BCUT2D eigenvalue weighted by atomic mass is 9.99. The van der Waals surface area contributed by atoms with E-state index in [0.29, 0.717) is 21.5 Å². The van der Waals surface area contributed by atoms with E-state index in [0.717, 1.165) is 25.6 Å². The largest absolute Gasteiger partial charge is 0.386 e. The third-order valence-corrected chi connectivity index (χ3v) is 4.75. The van der Waals surface area contributed by atoms with Crippen molar-refractivity contribution in [2.75, 3.05) is 39.8 Å². The van der Waals surface area contributed by atoms with Crippen LogP contribution in [0.2, 0.25) is 10.0 Å². The van der Waals surface area contributed by atoms with Gasteiger partial charge in [0, 0.05) is 29.7 Å². The van der Waals surface area contributed by atoms with Crippen molar-refractivity contribution in [3.05, 3.63) is 33.8 Å². The van der Waals surface area contributed by atoms with Gasteiger partial charge in [-0.2, -0.15) is 0 Å². The summed E-state index contributed by atoms with van der Waals surface area (Å²) >= 11 is 12.0. The lowest BCUT2D eigenvalue weighted by Gasteiger charge is -2.30. The molecule has 1 aromatic rings. The van der Waals surface area contributed by atoms with Crippen LogP contribution in [0.4, 0.5) is 0 Å². The summed E-state index contributed by atoms with van der Waals surface area (Å²) in [6, 6.07) is 5.08. The topological polar surface area (TPSA) is 59.9 Å². The maximum absolute atomic E-state index is 10.4. The standard InChI is InChI=1S/C18H28Cl2N4O/c1-3-21-18(22-10-13-5-4-6-24(2)12-13)23-11-17(25)14-7-15(19)9-16(20)8-14/h7-9,13,17,25H,3-6,10-12H2,1-2H3,(H2,21,22,23). The summed E-state index contributed by atoms with van der Waals surface area (Å²) < 4.78 is 0. The van der Waals surface area contributed by atoms with Crippen LogP contribution >= 0.6 is 23.2 Å². The molecule has 0 spiro atoms. The van der Waals surface area contributed by atoms with E-state index in [1.165, 1.54) is 19.4 Å². The van der Waals surface area contributed by atoms with Crippen molar-refractivity contribution in [3.63, 3.8) is 0 Å². The van der Waals surface area contributed by atoms with Crippen LogP contribution in [0.5, 0.6) is 0 Å². The summed E-state index contributed by atoms with van der Waals surface area (Å²) in [5, 5.41) is 18.0. The number of hydrogen-bond donors (Lipinski definition) is 3. The Morgan fingerprint density at radius 2 is 2.04 bits per heavy atom. The number of nitrogens with zero attached hydrogens (tertiary/aromatic N) is 2. The van der Waals surface area contributed by atoms with Gasteiger partial charge >= 0.3 is 0 Å². The highest BCUT2D eigenvalue weighted by Crippen LogP contribution is 2.23. The monoisotopic (exact) mass is 386 g/mol. The molecule has 7 heteroatoms. The average molecular weight is 387 g/mol. The van der Waals surface area contributed by atoms with Gasteiger partial charge in [-0.3, -0.25) is 4.99 Å². The van der Waals surface area contributed by atoms with Crippen molar-refractivity contribution in [2.45, 2.75) is 25.9 Å². The molecule has 0 bridgehead atoms. The number of aliphatic hydroxyl groups excluding tert-OH is 1. The molecule has 3 N–H and O–H groups in total. The Kier molecular flexibility index (Phi) is 8.30. The highest BCUT2D eigenvalue weighted by Gasteiger charge is 2.17. The van der Waals surface area contributed by atoms with Crippen molar-refractivity contribution in [1.82, 2.24) is 15.5 Å². The normalized spacial score (nSPS) is 20.4. The van der Waals surface area contributed by atoms with Crippen LogP contribution in [0.25, 0.3) is 0 Å². The van der Waals surface area contributed by atoms with E-state index in [9.17, 15) is 5.11 Å². The van der Waals surface area contributed by atoms with Crippen LogP contribution in [0.1, 0.15) is 31.4 Å². The Labute approximate surface area is 160 Å². The van der Waals surface area contributed by atoms with Gasteiger partial charge in [-0.1, -0.05) is 23.2 Å². The molecule has 2 atom stereocenters. The molecule has 1 fully saturated rings. The first-order chi connectivity index (χ1) is 12.0. The Morgan fingerprint density at radius 3 is 2.68 bits per heavy atom. The van der Waals surface area contributed by atoms with Gasteiger partial charge in [0.1, 0.15) is 0 Å². The second kappa shape index (κ2) is 10.2. The molecular formula is C18H28Cl2N4O. The van der Waals surface area contributed by atoms with Gasteiger partial charge in [-0.05, 0) is 63.0 Å². The maximum atomic E-state index is 10.4. The fourth-order valence-electron chi connectivity index (χ4n) is 3.07. The molecule has 25 heavy (non-hydrogen) atoms. The van der Waals surface area contributed by atoms with Crippen molar-refractivity contribution in [1.29, 1.82) is 0 Å². The molecule has 0 aromatic heterocycles. The van der Waals surface area contributed by atoms with E-state index in [1.54, 1.807) is 18.2 Å². The molecular weight excluding hydrogens is 359 g/mol. The summed E-state index contributed by atoms with van der Waals surface area (Å²) in [5.74, 6) is 1.35. The number of rotatable bonds is 6. The number of piperidine rings is 1. The summed E-state index contributed by atoms with van der Waals surface area (Å²) in [5.41, 5.74) is 0.672. The van der Waals surface area contributed by atoms with E-state index < -0.39 is 6.10 Å². The van der Waals surface area contributed by atoms with Crippen LogP contribution in [-0.2, 0) is 0 Å². The molecule has 140 valence electrons. The highest BCUT2D eigenvalue weighted by atomic mass is 35.5. The lowest BCUT2D eigenvalue weighted by Crippen LogP contribution is -2.43. The van der Waals surface area contributed by atoms with E-state index in [4.69, 9.17) is 23.2 Å². The predicted octanol–water partition coefficient (Wildman–Crippen LogP) is 2.92.